The van der Waals surface area contributed by atoms with Crippen molar-refractivity contribution in [2.45, 2.75) is 26.1 Å². The van der Waals surface area contributed by atoms with Gasteiger partial charge in [0.05, 0.1) is 16.5 Å². The van der Waals surface area contributed by atoms with Crippen molar-refractivity contribution in [3.8, 4) is 5.69 Å². The predicted octanol–water partition coefficient (Wildman–Crippen LogP) is 4.37. The van der Waals surface area contributed by atoms with Gasteiger partial charge in [-0.1, -0.05) is 37.6 Å². The molecule has 112 valence electrons. The molecular weight excluding hydrogens is 313 g/mol. The van der Waals surface area contributed by atoms with Gasteiger partial charge in [0.25, 0.3) is 5.69 Å². The highest BCUT2D eigenvalue weighted by Gasteiger charge is 2.22. The maximum atomic E-state index is 11.1. The average molecular weight is 328 g/mol. The van der Waals surface area contributed by atoms with Crippen molar-refractivity contribution >= 4 is 28.9 Å². The summed E-state index contributed by atoms with van der Waals surface area (Å²) in [5.74, 6) is 0.610. The second kappa shape index (κ2) is 6.45. The first-order chi connectivity index (χ1) is 9.95. The Labute approximate surface area is 132 Å². The van der Waals surface area contributed by atoms with Gasteiger partial charge in [-0.25, -0.2) is 4.68 Å². The molecule has 1 aromatic carbocycles. The Kier molecular flexibility index (Phi) is 4.85. The van der Waals surface area contributed by atoms with E-state index in [1.165, 1.54) is 10.7 Å². The summed E-state index contributed by atoms with van der Waals surface area (Å²) < 4.78 is 1.40. The minimum absolute atomic E-state index is 0.0425. The number of benzene rings is 1. The summed E-state index contributed by atoms with van der Waals surface area (Å²) >= 11 is 12.3. The first-order valence-electron chi connectivity index (χ1n) is 6.51. The van der Waals surface area contributed by atoms with Crippen molar-refractivity contribution < 1.29 is 4.92 Å². The summed E-state index contributed by atoms with van der Waals surface area (Å²) in [7, 11) is 0. The van der Waals surface area contributed by atoms with Crippen LogP contribution in [0, 0.1) is 16.0 Å². The van der Waals surface area contributed by atoms with Gasteiger partial charge in [-0.15, -0.1) is 11.6 Å². The van der Waals surface area contributed by atoms with Gasteiger partial charge in [0, 0.05) is 11.6 Å². The molecule has 2 rings (SSSR count). The van der Waals surface area contributed by atoms with Crippen molar-refractivity contribution in [2.75, 3.05) is 0 Å². The first-order valence-corrected chi connectivity index (χ1v) is 7.43. The number of alkyl halides is 1. The van der Waals surface area contributed by atoms with Crippen molar-refractivity contribution in [3.05, 3.63) is 50.8 Å². The van der Waals surface area contributed by atoms with Crippen LogP contribution in [0.3, 0.4) is 0 Å². The van der Waals surface area contributed by atoms with Crippen LogP contribution in [0.2, 0.25) is 5.15 Å². The molecule has 0 saturated heterocycles. The number of nitro benzene ring substituents is 1. The smallest absolute Gasteiger partial charge is 0.258 e. The molecule has 0 aliphatic rings. The summed E-state index contributed by atoms with van der Waals surface area (Å²) in [5.41, 5.74) is 1.81. The van der Waals surface area contributed by atoms with Crippen molar-refractivity contribution in [1.82, 2.24) is 9.78 Å². The van der Waals surface area contributed by atoms with E-state index in [4.69, 9.17) is 23.2 Å². The summed E-state index contributed by atoms with van der Waals surface area (Å²) in [6, 6.07) is 6.36. The highest BCUT2D eigenvalue weighted by atomic mass is 35.5. The molecule has 0 spiro atoms. The average Bonchev–Trinajstić information content (AvgIpc) is 2.74. The van der Waals surface area contributed by atoms with E-state index in [1.807, 2.05) is 0 Å². The predicted molar refractivity (Wildman–Crippen MR) is 83.3 cm³/mol. The van der Waals surface area contributed by atoms with E-state index in [-0.39, 0.29) is 11.6 Å². The molecule has 1 heterocycles. The lowest BCUT2D eigenvalue weighted by molar-refractivity contribution is -0.384. The Hall–Kier alpha value is -1.59. The van der Waals surface area contributed by atoms with Gasteiger partial charge >= 0.3 is 0 Å². The molecule has 0 N–H and O–H groups in total. The molecule has 0 fully saturated rings. The van der Waals surface area contributed by atoms with Gasteiger partial charge in [0.2, 0.25) is 0 Å². The Morgan fingerprint density at radius 2 is 2.05 bits per heavy atom. The van der Waals surface area contributed by atoms with Gasteiger partial charge < -0.3 is 0 Å². The second-order valence-corrected chi connectivity index (χ2v) is 5.73. The van der Waals surface area contributed by atoms with Gasteiger partial charge in [-0.2, -0.15) is 5.10 Å². The van der Waals surface area contributed by atoms with E-state index in [9.17, 15) is 10.1 Å². The quantitative estimate of drug-likeness (QED) is 0.465. The van der Waals surface area contributed by atoms with Crippen LogP contribution in [-0.4, -0.2) is 14.7 Å². The molecule has 0 saturated carbocycles. The van der Waals surface area contributed by atoms with Crippen LogP contribution in [0.4, 0.5) is 5.69 Å². The summed E-state index contributed by atoms with van der Waals surface area (Å²) in [6.07, 6.45) is 0.718. The maximum Gasteiger partial charge on any atom is 0.294 e. The minimum Gasteiger partial charge on any atom is -0.258 e. The van der Waals surface area contributed by atoms with Gasteiger partial charge in [-0.05, 0) is 18.4 Å². The molecule has 0 atom stereocenters. The van der Waals surface area contributed by atoms with E-state index in [1.54, 1.807) is 18.2 Å². The normalized spacial score (nSPS) is 11.1. The fraction of sp³-hybridized carbons (Fsp3) is 0.357. The van der Waals surface area contributed by atoms with Crippen molar-refractivity contribution in [2.24, 2.45) is 5.92 Å². The highest BCUT2D eigenvalue weighted by molar-refractivity contribution is 6.31. The van der Waals surface area contributed by atoms with E-state index < -0.39 is 4.92 Å². The lowest BCUT2D eigenvalue weighted by Crippen LogP contribution is -2.03. The van der Waals surface area contributed by atoms with Crippen LogP contribution in [0.5, 0.6) is 0 Å². The lowest BCUT2D eigenvalue weighted by Gasteiger charge is -2.04. The fourth-order valence-corrected chi connectivity index (χ4v) is 2.77. The van der Waals surface area contributed by atoms with Crippen LogP contribution >= 0.6 is 23.2 Å². The molecule has 2 aromatic rings. The van der Waals surface area contributed by atoms with Crippen LogP contribution in [-0.2, 0) is 12.3 Å². The number of nitro groups is 1. The topological polar surface area (TPSA) is 61.0 Å². The first kappa shape index (κ1) is 15.8. The van der Waals surface area contributed by atoms with Gasteiger partial charge in [-0.3, -0.25) is 10.1 Å². The van der Waals surface area contributed by atoms with Crippen LogP contribution in [0.1, 0.15) is 25.1 Å². The van der Waals surface area contributed by atoms with E-state index in [2.05, 4.69) is 18.9 Å². The number of hydrogen-bond donors (Lipinski definition) is 0. The van der Waals surface area contributed by atoms with Crippen LogP contribution < -0.4 is 0 Å². The molecule has 0 unspecified atom stereocenters. The SMILES string of the molecule is CC(C)Cc1nn(-c2ccccc2[N+](=O)[O-])c(Cl)c1CCl. The zero-order valence-corrected chi connectivity index (χ0v) is 13.2. The molecule has 5 nitrogen and oxygen atoms in total. The summed E-state index contributed by atoms with van der Waals surface area (Å²) in [4.78, 5) is 10.7. The van der Waals surface area contributed by atoms with Crippen molar-refractivity contribution in [1.29, 1.82) is 0 Å². The largest absolute Gasteiger partial charge is 0.294 e. The Morgan fingerprint density at radius 3 is 2.62 bits per heavy atom. The number of rotatable bonds is 5. The maximum absolute atomic E-state index is 11.1. The molecule has 0 amide bonds. The molecule has 0 aliphatic heterocycles. The molecule has 0 aliphatic carbocycles. The Balaban J connectivity index is 2.60. The third-order valence-electron chi connectivity index (χ3n) is 3.05. The molecular formula is C14H15Cl2N3O2. The molecule has 21 heavy (non-hydrogen) atoms. The van der Waals surface area contributed by atoms with Crippen LogP contribution in [0.15, 0.2) is 24.3 Å². The zero-order valence-electron chi connectivity index (χ0n) is 11.7. The number of nitrogens with zero attached hydrogens (tertiary/aromatic N) is 3. The number of aromatic nitrogens is 2. The number of hydrogen-bond acceptors (Lipinski definition) is 3. The molecule has 0 radical (unpaired) electrons. The standard InChI is InChI=1S/C14H15Cl2N3O2/c1-9(2)7-11-10(8-15)14(16)18(17-11)12-5-3-4-6-13(12)19(20)21/h3-6,9H,7-8H2,1-2H3. The van der Waals surface area contributed by atoms with Crippen molar-refractivity contribution in [3.63, 3.8) is 0 Å². The van der Waals surface area contributed by atoms with Gasteiger partial charge in [0.15, 0.2) is 0 Å². The van der Waals surface area contributed by atoms with Crippen LogP contribution in [0.25, 0.3) is 5.69 Å². The molecule has 7 heteroatoms. The number of halogens is 2. The second-order valence-electron chi connectivity index (χ2n) is 5.11. The Morgan fingerprint density at radius 1 is 1.38 bits per heavy atom. The van der Waals surface area contributed by atoms with E-state index in [0.29, 0.717) is 16.8 Å². The Bertz CT molecular complexity index is 668. The number of para-hydroxylation sites is 2. The molecule has 0 bridgehead atoms. The summed E-state index contributed by atoms with van der Waals surface area (Å²) in [6.45, 7) is 4.13. The third-order valence-corrected chi connectivity index (χ3v) is 3.70. The van der Waals surface area contributed by atoms with E-state index in [0.717, 1.165) is 17.7 Å². The fourth-order valence-electron chi connectivity index (χ4n) is 2.11. The minimum atomic E-state index is -0.449. The molecule has 1 aromatic heterocycles. The third kappa shape index (κ3) is 3.19. The zero-order chi connectivity index (χ0) is 15.6. The highest BCUT2D eigenvalue weighted by Crippen LogP contribution is 2.30. The monoisotopic (exact) mass is 327 g/mol. The summed E-state index contributed by atoms with van der Waals surface area (Å²) in [5, 5.41) is 15.9. The van der Waals surface area contributed by atoms with Gasteiger partial charge in [0.1, 0.15) is 10.8 Å². The van der Waals surface area contributed by atoms with E-state index >= 15 is 0 Å². The lowest BCUT2D eigenvalue weighted by atomic mass is 10.1.